The topological polar surface area (TPSA) is 39.1 Å². The molecule has 1 N–H and O–H groups in total. The van der Waals surface area contributed by atoms with Gasteiger partial charge in [0, 0.05) is 6.20 Å². The van der Waals surface area contributed by atoms with Gasteiger partial charge in [-0.25, -0.2) is 4.98 Å². The van der Waals surface area contributed by atoms with Crippen LogP contribution < -0.4 is 10.1 Å². The molecule has 3 heterocycles. The molecule has 1 fully saturated rings. The lowest BCUT2D eigenvalue weighted by atomic mass is 10.2. The fourth-order valence-electron chi connectivity index (χ4n) is 2.96. The third-order valence-corrected chi connectivity index (χ3v) is 3.93. The van der Waals surface area contributed by atoms with E-state index in [4.69, 9.17) is 9.72 Å². The zero-order chi connectivity index (χ0) is 12.7. The lowest BCUT2D eigenvalue weighted by Crippen LogP contribution is -2.13. The van der Waals surface area contributed by atoms with E-state index >= 15 is 0 Å². The largest absolute Gasteiger partial charge is 0.491 e. The molecular weight excluding hydrogens is 238 g/mol. The molecular formula is C15H17N3O. The number of para-hydroxylation sites is 1. The molecule has 2 aromatic rings. The second kappa shape index (κ2) is 4.38. The first-order chi connectivity index (χ1) is 9.42. The quantitative estimate of drug-likeness (QED) is 0.850. The summed E-state index contributed by atoms with van der Waals surface area (Å²) >= 11 is 0. The molecule has 0 bridgehead atoms. The average molecular weight is 255 g/mol. The van der Waals surface area contributed by atoms with Crippen LogP contribution in [-0.4, -0.2) is 22.7 Å². The van der Waals surface area contributed by atoms with Gasteiger partial charge in [-0.2, -0.15) is 0 Å². The normalized spacial score (nSPS) is 21.4. The number of nitrogens with one attached hydrogen (secondary N) is 1. The molecule has 1 aromatic heterocycles. The fourth-order valence-corrected chi connectivity index (χ4v) is 2.96. The Morgan fingerprint density at radius 3 is 3.16 bits per heavy atom. The van der Waals surface area contributed by atoms with E-state index in [2.05, 4.69) is 22.1 Å². The predicted octanol–water partition coefficient (Wildman–Crippen LogP) is 2.37. The zero-order valence-corrected chi connectivity index (χ0v) is 10.8. The summed E-state index contributed by atoms with van der Waals surface area (Å²) in [6, 6.07) is 8.59. The van der Waals surface area contributed by atoms with Crippen LogP contribution in [0, 0.1) is 0 Å². The maximum atomic E-state index is 5.78. The van der Waals surface area contributed by atoms with Crippen LogP contribution >= 0.6 is 0 Å². The van der Waals surface area contributed by atoms with Gasteiger partial charge in [0.2, 0.25) is 0 Å². The molecule has 1 unspecified atom stereocenters. The van der Waals surface area contributed by atoms with Crippen molar-refractivity contribution in [3.8, 4) is 17.1 Å². The molecule has 0 amide bonds. The number of aromatic nitrogens is 2. The van der Waals surface area contributed by atoms with Crippen molar-refractivity contribution in [3.63, 3.8) is 0 Å². The minimum atomic E-state index is 0.424. The van der Waals surface area contributed by atoms with Gasteiger partial charge >= 0.3 is 0 Å². The summed E-state index contributed by atoms with van der Waals surface area (Å²) in [6.07, 6.45) is 4.62. The summed E-state index contributed by atoms with van der Waals surface area (Å²) in [7, 11) is 0. The van der Waals surface area contributed by atoms with Gasteiger partial charge in [-0.05, 0) is 31.5 Å². The van der Waals surface area contributed by atoms with Crippen molar-refractivity contribution in [3.05, 3.63) is 36.2 Å². The standard InChI is InChI=1S/C15H17N3O/c1-2-6-14-11(4-1)15-17-13(12-5-3-7-16-12)10-18(15)8-9-19-14/h1-2,4,6,10,12,16H,3,5,7-9H2. The van der Waals surface area contributed by atoms with E-state index in [9.17, 15) is 0 Å². The first kappa shape index (κ1) is 11.1. The molecule has 4 nitrogen and oxygen atoms in total. The molecule has 4 rings (SSSR count). The smallest absolute Gasteiger partial charge is 0.144 e. The molecule has 0 aliphatic carbocycles. The SMILES string of the molecule is c1ccc2c(c1)OCCn1cc(C3CCCN3)nc1-2. The van der Waals surface area contributed by atoms with Crippen LogP contribution in [0.2, 0.25) is 0 Å². The molecule has 19 heavy (non-hydrogen) atoms. The Morgan fingerprint density at radius 2 is 2.26 bits per heavy atom. The predicted molar refractivity (Wildman–Crippen MR) is 73.1 cm³/mol. The van der Waals surface area contributed by atoms with Gasteiger partial charge in [0.1, 0.15) is 18.2 Å². The number of rotatable bonds is 1. The van der Waals surface area contributed by atoms with Gasteiger partial charge in [0.05, 0.1) is 23.8 Å². The fraction of sp³-hybridized carbons (Fsp3) is 0.400. The Bertz CT molecular complexity index is 599. The highest BCUT2D eigenvalue weighted by Crippen LogP contribution is 2.33. The Kier molecular flexibility index (Phi) is 2.55. The molecule has 4 heteroatoms. The average Bonchev–Trinajstić information content (AvgIpc) is 3.06. The van der Waals surface area contributed by atoms with E-state index in [1.54, 1.807) is 0 Å². The van der Waals surface area contributed by atoms with E-state index in [0.29, 0.717) is 12.6 Å². The van der Waals surface area contributed by atoms with E-state index in [1.807, 2.05) is 18.2 Å². The Labute approximate surface area is 112 Å². The molecule has 1 aromatic carbocycles. The summed E-state index contributed by atoms with van der Waals surface area (Å²) in [6.45, 7) is 2.67. The van der Waals surface area contributed by atoms with Gasteiger partial charge in [-0.15, -0.1) is 0 Å². The van der Waals surface area contributed by atoms with Crippen molar-refractivity contribution in [2.75, 3.05) is 13.2 Å². The number of hydrogen-bond donors (Lipinski definition) is 1. The van der Waals surface area contributed by atoms with Crippen LogP contribution in [0.1, 0.15) is 24.6 Å². The van der Waals surface area contributed by atoms with Crippen molar-refractivity contribution in [1.29, 1.82) is 0 Å². The number of ether oxygens (including phenoxy) is 1. The van der Waals surface area contributed by atoms with Gasteiger partial charge < -0.3 is 14.6 Å². The van der Waals surface area contributed by atoms with Crippen LogP contribution in [0.25, 0.3) is 11.4 Å². The van der Waals surface area contributed by atoms with Crippen LogP contribution in [0.3, 0.4) is 0 Å². The lowest BCUT2D eigenvalue weighted by molar-refractivity contribution is 0.306. The van der Waals surface area contributed by atoms with Crippen LogP contribution in [-0.2, 0) is 6.54 Å². The van der Waals surface area contributed by atoms with Gasteiger partial charge in [0.15, 0.2) is 0 Å². The van der Waals surface area contributed by atoms with Crippen LogP contribution in [0.15, 0.2) is 30.5 Å². The van der Waals surface area contributed by atoms with Gasteiger partial charge in [0.25, 0.3) is 0 Å². The van der Waals surface area contributed by atoms with Gasteiger partial charge in [-0.1, -0.05) is 12.1 Å². The first-order valence-corrected chi connectivity index (χ1v) is 6.94. The summed E-state index contributed by atoms with van der Waals surface area (Å²) in [5, 5.41) is 3.51. The Balaban J connectivity index is 1.81. The molecule has 1 saturated heterocycles. The summed E-state index contributed by atoms with van der Waals surface area (Å²) < 4.78 is 8.00. The highest BCUT2D eigenvalue weighted by Gasteiger charge is 2.23. The van der Waals surface area contributed by atoms with E-state index in [0.717, 1.165) is 30.2 Å². The maximum absolute atomic E-state index is 5.78. The number of nitrogens with zero attached hydrogens (tertiary/aromatic N) is 2. The van der Waals surface area contributed by atoms with Gasteiger partial charge in [-0.3, -0.25) is 0 Å². The van der Waals surface area contributed by atoms with Crippen LogP contribution in [0.4, 0.5) is 0 Å². The number of hydrogen-bond acceptors (Lipinski definition) is 3. The molecule has 0 saturated carbocycles. The summed E-state index contributed by atoms with van der Waals surface area (Å²) in [5.41, 5.74) is 2.27. The Hall–Kier alpha value is -1.81. The molecule has 2 aliphatic rings. The van der Waals surface area contributed by atoms with Crippen molar-refractivity contribution >= 4 is 0 Å². The van der Waals surface area contributed by atoms with Crippen LogP contribution in [0.5, 0.6) is 5.75 Å². The maximum Gasteiger partial charge on any atom is 0.144 e. The highest BCUT2D eigenvalue weighted by atomic mass is 16.5. The summed E-state index contributed by atoms with van der Waals surface area (Å²) in [5.74, 6) is 1.98. The number of imidazole rings is 1. The molecule has 98 valence electrons. The zero-order valence-electron chi connectivity index (χ0n) is 10.8. The van der Waals surface area contributed by atoms with E-state index in [-0.39, 0.29) is 0 Å². The highest BCUT2D eigenvalue weighted by molar-refractivity contribution is 5.65. The van der Waals surface area contributed by atoms with Crippen molar-refractivity contribution in [1.82, 2.24) is 14.9 Å². The molecule has 1 atom stereocenters. The van der Waals surface area contributed by atoms with E-state index < -0.39 is 0 Å². The lowest BCUT2D eigenvalue weighted by Gasteiger charge is -2.07. The monoisotopic (exact) mass is 255 g/mol. The minimum absolute atomic E-state index is 0.424. The Morgan fingerprint density at radius 1 is 1.32 bits per heavy atom. The summed E-state index contributed by atoms with van der Waals surface area (Å²) in [4.78, 5) is 4.85. The second-order valence-corrected chi connectivity index (χ2v) is 5.18. The number of benzene rings is 1. The molecule has 0 spiro atoms. The first-order valence-electron chi connectivity index (χ1n) is 6.94. The van der Waals surface area contributed by atoms with Crippen molar-refractivity contribution in [2.24, 2.45) is 0 Å². The van der Waals surface area contributed by atoms with E-state index in [1.165, 1.54) is 18.5 Å². The minimum Gasteiger partial charge on any atom is -0.491 e. The third kappa shape index (κ3) is 1.83. The molecule has 0 radical (unpaired) electrons. The molecule has 2 aliphatic heterocycles. The van der Waals surface area contributed by atoms with Crippen molar-refractivity contribution < 1.29 is 4.74 Å². The second-order valence-electron chi connectivity index (χ2n) is 5.18. The van der Waals surface area contributed by atoms with Crippen molar-refractivity contribution in [2.45, 2.75) is 25.4 Å². The number of fused-ring (bicyclic) bond motifs is 3. The third-order valence-electron chi connectivity index (χ3n) is 3.93.